The normalized spacial score (nSPS) is 9.94. The van der Waals surface area contributed by atoms with Crippen molar-refractivity contribution < 1.29 is 14.6 Å². The number of carboxylic acids is 1. The van der Waals surface area contributed by atoms with Gasteiger partial charge in [0.05, 0.1) is 7.11 Å². The van der Waals surface area contributed by atoms with Gasteiger partial charge in [0.25, 0.3) is 0 Å². The van der Waals surface area contributed by atoms with Gasteiger partial charge in [-0.1, -0.05) is 23.3 Å². The number of hydrogen-bond donors (Lipinski definition) is 1. The van der Waals surface area contributed by atoms with Crippen molar-refractivity contribution in [2.24, 2.45) is 5.11 Å². The third kappa shape index (κ3) is 3.55. The van der Waals surface area contributed by atoms with Gasteiger partial charge >= 0.3 is 5.97 Å². The van der Waals surface area contributed by atoms with Gasteiger partial charge in [-0.25, -0.2) is 4.79 Å². The van der Waals surface area contributed by atoms with E-state index in [0.29, 0.717) is 11.3 Å². The SMILES string of the molecule is COc1ccc(C=CCN=[N+]=[N-])cc1C(=O)O. The van der Waals surface area contributed by atoms with Crippen LogP contribution in [0.3, 0.4) is 0 Å². The van der Waals surface area contributed by atoms with Crippen LogP contribution < -0.4 is 4.74 Å². The largest absolute Gasteiger partial charge is 0.496 e. The zero-order valence-corrected chi connectivity index (χ0v) is 9.20. The van der Waals surface area contributed by atoms with Crippen molar-refractivity contribution in [2.75, 3.05) is 13.7 Å². The third-order valence-electron chi connectivity index (χ3n) is 2.01. The first-order valence-corrected chi connectivity index (χ1v) is 4.77. The van der Waals surface area contributed by atoms with Crippen LogP contribution in [0.25, 0.3) is 16.5 Å². The summed E-state index contributed by atoms with van der Waals surface area (Å²) in [6, 6.07) is 4.79. The zero-order chi connectivity index (χ0) is 12.7. The van der Waals surface area contributed by atoms with Gasteiger partial charge in [0.15, 0.2) is 0 Å². The molecule has 1 N–H and O–H groups in total. The predicted molar refractivity (Wildman–Crippen MR) is 63.0 cm³/mol. The zero-order valence-electron chi connectivity index (χ0n) is 9.20. The maximum absolute atomic E-state index is 10.9. The molecule has 1 aromatic carbocycles. The lowest BCUT2D eigenvalue weighted by atomic mass is 10.1. The van der Waals surface area contributed by atoms with Gasteiger partial charge in [-0.15, -0.1) is 0 Å². The Kier molecular flexibility index (Phi) is 4.59. The number of methoxy groups -OCH3 is 1. The maximum Gasteiger partial charge on any atom is 0.339 e. The monoisotopic (exact) mass is 233 g/mol. The smallest absolute Gasteiger partial charge is 0.339 e. The first-order valence-electron chi connectivity index (χ1n) is 4.77. The lowest BCUT2D eigenvalue weighted by Gasteiger charge is -2.05. The number of ether oxygens (including phenoxy) is 1. The van der Waals surface area contributed by atoms with Gasteiger partial charge in [-0.3, -0.25) is 0 Å². The van der Waals surface area contributed by atoms with Crippen LogP contribution in [-0.2, 0) is 0 Å². The Morgan fingerprint density at radius 3 is 3.00 bits per heavy atom. The molecule has 0 spiro atoms. The second kappa shape index (κ2) is 6.19. The lowest BCUT2D eigenvalue weighted by Crippen LogP contribution is -2.00. The molecule has 0 bridgehead atoms. The molecule has 0 unspecified atom stereocenters. The Morgan fingerprint density at radius 1 is 1.65 bits per heavy atom. The average Bonchev–Trinajstić information content (AvgIpc) is 2.34. The molecule has 1 aromatic rings. The summed E-state index contributed by atoms with van der Waals surface area (Å²) < 4.78 is 4.93. The summed E-state index contributed by atoms with van der Waals surface area (Å²) in [4.78, 5) is 13.5. The molecule has 0 aliphatic carbocycles. The number of azide groups is 1. The van der Waals surface area contributed by atoms with Gasteiger partial charge in [0.2, 0.25) is 0 Å². The van der Waals surface area contributed by atoms with E-state index in [9.17, 15) is 4.79 Å². The number of aromatic carboxylic acids is 1. The van der Waals surface area contributed by atoms with Gasteiger partial charge in [0, 0.05) is 11.5 Å². The van der Waals surface area contributed by atoms with Gasteiger partial charge in [-0.05, 0) is 23.2 Å². The summed E-state index contributed by atoms with van der Waals surface area (Å²) in [5.41, 5.74) is 8.88. The summed E-state index contributed by atoms with van der Waals surface area (Å²) in [6.07, 6.45) is 3.33. The van der Waals surface area contributed by atoms with Crippen LogP contribution in [0.15, 0.2) is 29.4 Å². The number of carbonyl (C=O) groups is 1. The predicted octanol–water partition coefficient (Wildman–Crippen LogP) is 2.72. The molecule has 6 heteroatoms. The van der Waals surface area contributed by atoms with E-state index in [1.165, 1.54) is 13.2 Å². The molecule has 0 heterocycles. The topological polar surface area (TPSA) is 95.3 Å². The lowest BCUT2D eigenvalue weighted by molar-refractivity contribution is 0.0693. The molecular weight excluding hydrogens is 222 g/mol. The average molecular weight is 233 g/mol. The summed E-state index contributed by atoms with van der Waals surface area (Å²) in [6.45, 7) is 0.227. The molecule has 17 heavy (non-hydrogen) atoms. The van der Waals surface area contributed by atoms with Gasteiger partial charge in [-0.2, -0.15) is 0 Å². The van der Waals surface area contributed by atoms with Crippen LogP contribution in [-0.4, -0.2) is 24.7 Å². The Hall–Kier alpha value is -2.46. The highest BCUT2D eigenvalue weighted by Gasteiger charge is 2.10. The molecule has 0 saturated carbocycles. The Bertz CT molecular complexity index is 491. The molecule has 0 amide bonds. The fourth-order valence-electron chi connectivity index (χ4n) is 1.27. The quantitative estimate of drug-likeness (QED) is 0.481. The van der Waals surface area contributed by atoms with Crippen LogP contribution >= 0.6 is 0 Å². The van der Waals surface area contributed by atoms with Crippen LogP contribution in [0.4, 0.5) is 0 Å². The van der Waals surface area contributed by atoms with Crippen molar-refractivity contribution in [3.8, 4) is 5.75 Å². The molecule has 88 valence electrons. The van der Waals surface area contributed by atoms with Crippen LogP contribution in [0, 0.1) is 0 Å². The molecule has 0 fully saturated rings. The van der Waals surface area contributed by atoms with Crippen LogP contribution in [0.1, 0.15) is 15.9 Å². The van der Waals surface area contributed by atoms with Crippen LogP contribution in [0.5, 0.6) is 5.75 Å². The van der Waals surface area contributed by atoms with E-state index in [1.807, 2.05) is 0 Å². The molecule has 0 atom stereocenters. The van der Waals surface area contributed by atoms with Crippen LogP contribution in [0.2, 0.25) is 0 Å². The second-order valence-corrected chi connectivity index (χ2v) is 3.08. The summed E-state index contributed by atoms with van der Waals surface area (Å²) in [5, 5.41) is 12.3. The summed E-state index contributed by atoms with van der Waals surface area (Å²) >= 11 is 0. The highest BCUT2D eigenvalue weighted by atomic mass is 16.5. The third-order valence-corrected chi connectivity index (χ3v) is 2.01. The number of benzene rings is 1. The Morgan fingerprint density at radius 2 is 2.41 bits per heavy atom. The minimum Gasteiger partial charge on any atom is -0.496 e. The maximum atomic E-state index is 10.9. The van der Waals surface area contributed by atoms with E-state index < -0.39 is 5.97 Å². The molecular formula is C11H11N3O3. The number of hydrogen-bond acceptors (Lipinski definition) is 3. The second-order valence-electron chi connectivity index (χ2n) is 3.08. The first kappa shape index (κ1) is 12.6. The minimum absolute atomic E-state index is 0.0958. The van der Waals surface area contributed by atoms with Crippen molar-refractivity contribution in [2.45, 2.75) is 0 Å². The number of nitrogens with zero attached hydrogens (tertiary/aromatic N) is 3. The summed E-state index contributed by atoms with van der Waals surface area (Å²) in [7, 11) is 1.42. The number of carboxylic acid groups (broad SMARTS) is 1. The van der Waals surface area contributed by atoms with Crippen molar-refractivity contribution in [3.05, 3.63) is 45.8 Å². The Labute approximate surface area is 97.8 Å². The van der Waals surface area contributed by atoms with Crippen molar-refractivity contribution in [3.63, 3.8) is 0 Å². The van der Waals surface area contributed by atoms with Gasteiger partial charge < -0.3 is 9.84 Å². The van der Waals surface area contributed by atoms with Crippen molar-refractivity contribution >= 4 is 12.0 Å². The summed E-state index contributed by atoms with van der Waals surface area (Å²) in [5.74, 6) is -0.739. The molecule has 6 nitrogen and oxygen atoms in total. The van der Waals surface area contributed by atoms with E-state index in [2.05, 4.69) is 10.0 Å². The fourth-order valence-corrected chi connectivity index (χ4v) is 1.27. The standard InChI is InChI=1S/C11H11N3O3/c1-17-10-5-4-8(3-2-6-13-14-12)7-9(10)11(15)16/h2-5,7H,6H2,1H3,(H,15,16). The van der Waals surface area contributed by atoms with E-state index in [1.54, 1.807) is 24.3 Å². The first-order chi connectivity index (χ1) is 8.19. The van der Waals surface area contributed by atoms with E-state index in [4.69, 9.17) is 15.4 Å². The fraction of sp³-hybridized carbons (Fsp3) is 0.182. The molecule has 1 rings (SSSR count). The molecule has 0 radical (unpaired) electrons. The Balaban J connectivity index is 2.96. The van der Waals surface area contributed by atoms with E-state index in [-0.39, 0.29) is 12.1 Å². The highest BCUT2D eigenvalue weighted by Crippen LogP contribution is 2.20. The van der Waals surface area contributed by atoms with Crippen molar-refractivity contribution in [1.29, 1.82) is 0 Å². The molecule has 0 aliphatic heterocycles. The van der Waals surface area contributed by atoms with Crippen molar-refractivity contribution in [1.82, 2.24) is 0 Å². The molecule has 0 aliphatic rings. The molecule has 0 saturated heterocycles. The highest BCUT2D eigenvalue weighted by molar-refractivity contribution is 5.91. The molecule has 0 aromatic heterocycles. The van der Waals surface area contributed by atoms with E-state index in [0.717, 1.165) is 0 Å². The van der Waals surface area contributed by atoms with Gasteiger partial charge in [0.1, 0.15) is 11.3 Å². The van der Waals surface area contributed by atoms with E-state index >= 15 is 0 Å². The number of rotatable bonds is 5. The minimum atomic E-state index is -1.05.